The van der Waals surface area contributed by atoms with Crippen LogP contribution in [0.25, 0.3) is 0 Å². The smallest absolute Gasteiger partial charge is 0.338 e. The van der Waals surface area contributed by atoms with Crippen molar-refractivity contribution in [2.75, 3.05) is 32.3 Å². The lowest BCUT2D eigenvalue weighted by molar-refractivity contribution is -0.119. The zero-order valence-electron chi connectivity index (χ0n) is 15.1. The van der Waals surface area contributed by atoms with Crippen LogP contribution in [0, 0.1) is 0 Å². The minimum absolute atomic E-state index is 0.0275. The van der Waals surface area contributed by atoms with Crippen LogP contribution in [0.4, 0.5) is 5.69 Å². The molecule has 0 aliphatic carbocycles. The Kier molecular flexibility index (Phi) is 7.00. The number of ether oxygens (including phenoxy) is 1. The molecule has 2 rings (SSSR count). The van der Waals surface area contributed by atoms with Gasteiger partial charge < -0.3 is 10.1 Å². The second kappa shape index (κ2) is 9.03. The lowest BCUT2D eigenvalue weighted by Crippen LogP contribution is -2.23. The van der Waals surface area contributed by atoms with Gasteiger partial charge in [-0.25, -0.2) is 17.5 Å². The number of para-hydroxylation sites is 1. The fraction of sp³-hybridized carbons (Fsp3) is 0.222. The van der Waals surface area contributed by atoms with E-state index in [-0.39, 0.29) is 10.5 Å². The summed E-state index contributed by atoms with van der Waals surface area (Å²) in [6, 6.07) is 12.7. The molecule has 7 nitrogen and oxygen atoms in total. The number of nitrogens with one attached hydrogen (secondary N) is 1. The Balaban J connectivity index is 2.03. The van der Waals surface area contributed by atoms with Crippen molar-refractivity contribution in [1.82, 2.24) is 4.31 Å². The zero-order valence-corrected chi connectivity index (χ0v) is 16.8. The molecule has 0 heterocycles. The molecule has 9 heteroatoms. The Hall–Kier alpha value is -2.36. The van der Waals surface area contributed by atoms with Crippen LogP contribution in [-0.4, -0.2) is 51.6 Å². The summed E-state index contributed by atoms with van der Waals surface area (Å²) in [5, 5.41) is 2.68. The SMILES string of the molecule is CSc1ccccc1NC(=O)COC(=O)c1cccc(S(=O)(=O)N(C)C)c1. The van der Waals surface area contributed by atoms with Crippen molar-refractivity contribution >= 4 is 39.3 Å². The second-order valence-electron chi connectivity index (χ2n) is 5.64. The average molecular weight is 409 g/mol. The minimum atomic E-state index is -3.67. The summed E-state index contributed by atoms with van der Waals surface area (Å²) < 4.78 is 30.3. The number of rotatable bonds is 7. The summed E-state index contributed by atoms with van der Waals surface area (Å²) in [5.74, 6) is -1.26. The van der Waals surface area contributed by atoms with Crippen LogP contribution in [0.2, 0.25) is 0 Å². The minimum Gasteiger partial charge on any atom is -0.452 e. The van der Waals surface area contributed by atoms with E-state index >= 15 is 0 Å². The van der Waals surface area contributed by atoms with E-state index in [0.29, 0.717) is 5.69 Å². The van der Waals surface area contributed by atoms with E-state index in [9.17, 15) is 18.0 Å². The van der Waals surface area contributed by atoms with Gasteiger partial charge in [0.2, 0.25) is 10.0 Å². The molecule has 0 atom stereocenters. The molecule has 0 aromatic heterocycles. The van der Waals surface area contributed by atoms with Gasteiger partial charge >= 0.3 is 5.97 Å². The average Bonchev–Trinajstić information content (AvgIpc) is 2.66. The lowest BCUT2D eigenvalue weighted by Gasteiger charge is -2.12. The van der Waals surface area contributed by atoms with Crippen molar-refractivity contribution in [3.8, 4) is 0 Å². The Bertz CT molecular complexity index is 942. The first-order valence-corrected chi connectivity index (χ1v) is 10.5. The number of esters is 1. The fourth-order valence-corrected chi connectivity index (χ4v) is 3.64. The highest BCUT2D eigenvalue weighted by atomic mass is 32.2. The van der Waals surface area contributed by atoms with Crippen LogP contribution >= 0.6 is 11.8 Å². The summed E-state index contributed by atoms with van der Waals surface area (Å²) >= 11 is 1.48. The molecule has 0 spiro atoms. The quantitative estimate of drug-likeness (QED) is 0.559. The van der Waals surface area contributed by atoms with Crippen LogP contribution in [0.1, 0.15) is 10.4 Å². The Labute approximate surface area is 162 Å². The van der Waals surface area contributed by atoms with Gasteiger partial charge in [0.15, 0.2) is 6.61 Å². The molecule has 0 fully saturated rings. The van der Waals surface area contributed by atoms with E-state index in [1.807, 2.05) is 18.4 Å². The van der Waals surface area contributed by atoms with Crippen molar-refractivity contribution in [2.24, 2.45) is 0 Å². The molecule has 0 aliphatic rings. The van der Waals surface area contributed by atoms with Gasteiger partial charge in [0.05, 0.1) is 16.1 Å². The molecule has 0 radical (unpaired) electrons. The first kappa shape index (κ1) is 20.9. The fourth-order valence-electron chi connectivity index (χ4n) is 2.14. The largest absolute Gasteiger partial charge is 0.452 e. The van der Waals surface area contributed by atoms with Crippen LogP contribution in [-0.2, 0) is 19.6 Å². The first-order valence-electron chi connectivity index (χ1n) is 7.88. The third-order valence-electron chi connectivity index (χ3n) is 3.56. The van der Waals surface area contributed by atoms with E-state index in [4.69, 9.17) is 4.74 Å². The molecular weight excluding hydrogens is 388 g/mol. The van der Waals surface area contributed by atoms with Gasteiger partial charge in [0, 0.05) is 19.0 Å². The van der Waals surface area contributed by atoms with Crippen molar-refractivity contribution in [3.05, 3.63) is 54.1 Å². The zero-order chi connectivity index (χ0) is 20.0. The molecule has 0 saturated heterocycles. The van der Waals surface area contributed by atoms with E-state index < -0.39 is 28.5 Å². The van der Waals surface area contributed by atoms with Gasteiger partial charge in [-0.1, -0.05) is 18.2 Å². The molecule has 27 heavy (non-hydrogen) atoms. The van der Waals surface area contributed by atoms with E-state index in [1.54, 1.807) is 12.1 Å². The molecule has 1 amide bonds. The summed E-state index contributed by atoms with van der Waals surface area (Å²) in [6.07, 6.45) is 1.89. The van der Waals surface area contributed by atoms with Crippen molar-refractivity contribution < 1.29 is 22.7 Å². The third kappa shape index (κ3) is 5.31. The van der Waals surface area contributed by atoms with Gasteiger partial charge in [-0.15, -0.1) is 11.8 Å². The highest BCUT2D eigenvalue weighted by molar-refractivity contribution is 7.98. The standard InChI is InChI=1S/C18H20N2O5S2/c1-20(2)27(23,24)14-8-6-7-13(11-14)18(22)25-12-17(21)19-15-9-4-5-10-16(15)26-3/h4-11H,12H2,1-3H3,(H,19,21). The van der Waals surface area contributed by atoms with Crippen molar-refractivity contribution in [3.63, 3.8) is 0 Å². The second-order valence-corrected chi connectivity index (χ2v) is 8.64. The van der Waals surface area contributed by atoms with E-state index in [2.05, 4.69) is 5.32 Å². The number of hydrogen-bond donors (Lipinski definition) is 1. The van der Waals surface area contributed by atoms with Gasteiger partial charge in [-0.05, 0) is 36.6 Å². The summed E-state index contributed by atoms with van der Waals surface area (Å²) in [7, 11) is -0.869. The summed E-state index contributed by atoms with van der Waals surface area (Å²) in [5.41, 5.74) is 0.681. The van der Waals surface area contributed by atoms with Crippen LogP contribution in [0.3, 0.4) is 0 Å². The third-order valence-corrected chi connectivity index (χ3v) is 6.17. The monoisotopic (exact) mass is 408 g/mol. The number of carbonyl (C=O) groups excluding carboxylic acids is 2. The van der Waals surface area contributed by atoms with Gasteiger partial charge in [-0.2, -0.15) is 0 Å². The molecule has 2 aromatic carbocycles. The number of sulfonamides is 1. The number of carbonyl (C=O) groups is 2. The Morgan fingerprint density at radius 2 is 1.81 bits per heavy atom. The maximum absolute atomic E-state index is 12.2. The van der Waals surface area contributed by atoms with Crippen molar-refractivity contribution in [2.45, 2.75) is 9.79 Å². The lowest BCUT2D eigenvalue weighted by atomic mass is 10.2. The molecule has 2 aromatic rings. The van der Waals surface area contributed by atoms with Crippen molar-refractivity contribution in [1.29, 1.82) is 0 Å². The van der Waals surface area contributed by atoms with Crippen LogP contribution in [0.5, 0.6) is 0 Å². The number of amides is 1. The number of hydrogen-bond acceptors (Lipinski definition) is 6. The Morgan fingerprint density at radius 1 is 1.11 bits per heavy atom. The Morgan fingerprint density at radius 3 is 2.48 bits per heavy atom. The number of benzene rings is 2. The summed E-state index contributed by atoms with van der Waals surface area (Å²) in [6.45, 7) is -0.480. The first-order chi connectivity index (χ1) is 12.8. The predicted molar refractivity (Wildman–Crippen MR) is 104 cm³/mol. The molecule has 0 unspecified atom stereocenters. The maximum Gasteiger partial charge on any atom is 0.338 e. The van der Waals surface area contributed by atoms with Gasteiger partial charge in [0.1, 0.15) is 0 Å². The maximum atomic E-state index is 12.2. The molecule has 0 aliphatic heterocycles. The summed E-state index contributed by atoms with van der Waals surface area (Å²) in [4.78, 5) is 25.1. The normalized spacial score (nSPS) is 11.3. The number of thioether (sulfide) groups is 1. The molecule has 1 N–H and O–H groups in total. The number of nitrogens with zero attached hydrogens (tertiary/aromatic N) is 1. The predicted octanol–water partition coefficient (Wildman–Crippen LogP) is 2.45. The molecule has 0 saturated carbocycles. The topological polar surface area (TPSA) is 92.8 Å². The highest BCUT2D eigenvalue weighted by Crippen LogP contribution is 2.24. The van der Waals surface area contributed by atoms with E-state index in [1.165, 1.54) is 50.1 Å². The molecule has 0 bridgehead atoms. The number of anilines is 1. The van der Waals surface area contributed by atoms with E-state index in [0.717, 1.165) is 9.20 Å². The van der Waals surface area contributed by atoms with Gasteiger partial charge in [-0.3, -0.25) is 4.79 Å². The van der Waals surface area contributed by atoms with Gasteiger partial charge in [0.25, 0.3) is 5.91 Å². The van der Waals surface area contributed by atoms with Crippen LogP contribution in [0.15, 0.2) is 58.3 Å². The molecular formula is C18H20N2O5S2. The molecule has 144 valence electrons. The highest BCUT2D eigenvalue weighted by Gasteiger charge is 2.19. The van der Waals surface area contributed by atoms with Crippen LogP contribution < -0.4 is 5.32 Å².